The summed E-state index contributed by atoms with van der Waals surface area (Å²) >= 11 is 0. The van der Waals surface area contributed by atoms with Gasteiger partial charge in [0, 0.05) is 11.6 Å². The quantitative estimate of drug-likeness (QED) is 0.463. The van der Waals surface area contributed by atoms with Crippen molar-refractivity contribution < 1.29 is 9.84 Å². The van der Waals surface area contributed by atoms with Crippen molar-refractivity contribution in [2.45, 2.75) is 69.3 Å². The van der Waals surface area contributed by atoms with Gasteiger partial charge < -0.3 is 9.84 Å². The van der Waals surface area contributed by atoms with E-state index in [1.54, 1.807) is 18.3 Å². The lowest BCUT2D eigenvalue weighted by Gasteiger charge is -2.53. The molecular formula is C30H32N2O2. The number of hydrogen-bond donors (Lipinski definition) is 1. The van der Waals surface area contributed by atoms with Gasteiger partial charge in [-0.25, -0.2) is 4.98 Å². The van der Waals surface area contributed by atoms with E-state index in [1.807, 2.05) is 6.07 Å². The van der Waals surface area contributed by atoms with Gasteiger partial charge in [-0.1, -0.05) is 49.7 Å². The van der Waals surface area contributed by atoms with Gasteiger partial charge in [0.1, 0.15) is 17.4 Å². The van der Waals surface area contributed by atoms with Gasteiger partial charge >= 0.3 is 0 Å². The number of aromatic nitrogens is 1. The summed E-state index contributed by atoms with van der Waals surface area (Å²) in [6, 6.07) is 22.8. The Labute approximate surface area is 202 Å². The third-order valence-electron chi connectivity index (χ3n) is 8.00. The standard InChI is InChI=1S/C30H32N2O2/c1-2-14-29(33)15-16-30(19-22-7-4-3-5-8-22)25(20-29)11-10-23-18-26(12-13-27(23)30)34-28-24(21-31)9-6-17-32-28/h3-9,12-13,17-18,25,33H,2,10-11,14-16,19-20H2,1H3/t25-,29-,30+/m1/s1. The van der Waals surface area contributed by atoms with Gasteiger partial charge in [0.25, 0.3) is 0 Å². The molecule has 174 valence electrons. The molecule has 3 atom stereocenters. The minimum Gasteiger partial charge on any atom is -0.438 e. The second kappa shape index (κ2) is 9.24. The monoisotopic (exact) mass is 452 g/mol. The molecule has 0 unspecified atom stereocenters. The fraction of sp³-hybridized carbons (Fsp3) is 0.400. The van der Waals surface area contributed by atoms with Crippen LogP contribution in [0.2, 0.25) is 0 Å². The number of pyridine rings is 1. The number of hydrogen-bond acceptors (Lipinski definition) is 4. The van der Waals surface area contributed by atoms with Gasteiger partial charge in [0.15, 0.2) is 0 Å². The van der Waals surface area contributed by atoms with Crippen LogP contribution < -0.4 is 4.74 Å². The van der Waals surface area contributed by atoms with Gasteiger partial charge in [0.05, 0.1) is 5.60 Å². The molecule has 34 heavy (non-hydrogen) atoms. The topological polar surface area (TPSA) is 66.1 Å². The Hall–Kier alpha value is -3.16. The number of aliphatic hydroxyl groups is 1. The number of fused-ring (bicyclic) bond motifs is 3. The second-order valence-electron chi connectivity index (χ2n) is 10.1. The Bertz CT molecular complexity index is 1200. The molecule has 0 bridgehead atoms. The Balaban J connectivity index is 1.51. The first-order chi connectivity index (χ1) is 16.5. The molecule has 1 saturated carbocycles. The predicted octanol–water partition coefficient (Wildman–Crippen LogP) is 6.50. The average molecular weight is 453 g/mol. The van der Waals surface area contributed by atoms with Crippen LogP contribution in [0.5, 0.6) is 11.6 Å². The molecule has 1 N–H and O–H groups in total. The second-order valence-corrected chi connectivity index (χ2v) is 10.1. The van der Waals surface area contributed by atoms with Crippen molar-refractivity contribution in [3.8, 4) is 17.7 Å². The van der Waals surface area contributed by atoms with E-state index in [4.69, 9.17) is 4.74 Å². The summed E-state index contributed by atoms with van der Waals surface area (Å²) in [6.45, 7) is 2.17. The molecule has 3 aromatic rings. The number of aryl methyl sites for hydroxylation is 1. The first-order valence-corrected chi connectivity index (χ1v) is 12.5. The molecule has 2 aromatic carbocycles. The summed E-state index contributed by atoms with van der Waals surface area (Å²) in [5, 5.41) is 20.7. The highest BCUT2D eigenvalue weighted by molar-refractivity contribution is 5.47. The highest BCUT2D eigenvalue weighted by Gasteiger charge is 2.51. The van der Waals surface area contributed by atoms with Crippen LogP contribution in [-0.2, 0) is 18.3 Å². The molecule has 0 saturated heterocycles. The molecule has 0 amide bonds. The molecule has 0 aliphatic heterocycles. The fourth-order valence-electron chi connectivity index (χ4n) is 6.45. The molecule has 2 aliphatic carbocycles. The summed E-state index contributed by atoms with van der Waals surface area (Å²) in [4.78, 5) is 4.25. The molecular weight excluding hydrogens is 420 g/mol. The van der Waals surface area contributed by atoms with Crippen molar-refractivity contribution in [3.63, 3.8) is 0 Å². The van der Waals surface area contributed by atoms with E-state index < -0.39 is 5.60 Å². The van der Waals surface area contributed by atoms with Crippen LogP contribution in [0.4, 0.5) is 0 Å². The number of benzene rings is 2. The summed E-state index contributed by atoms with van der Waals surface area (Å²) in [6.07, 6.45) is 9.31. The molecule has 2 aliphatic rings. The van der Waals surface area contributed by atoms with Crippen molar-refractivity contribution in [1.82, 2.24) is 4.98 Å². The van der Waals surface area contributed by atoms with E-state index in [9.17, 15) is 10.4 Å². The van der Waals surface area contributed by atoms with Crippen LogP contribution >= 0.6 is 0 Å². The minimum atomic E-state index is -0.535. The highest BCUT2D eigenvalue weighted by Crippen LogP contribution is 2.55. The van der Waals surface area contributed by atoms with Crippen LogP contribution in [-0.4, -0.2) is 15.7 Å². The lowest BCUT2D eigenvalue weighted by Crippen LogP contribution is -2.51. The van der Waals surface area contributed by atoms with Crippen molar-refractivity contribution in [2.75, 3.05) is 0 Å². The Morgan fingerprint density at radius 3 is 2.76 bits per heavy atom. The molecule has 0 radical (unpaired) electrons. The maximum Gasteiger partial charge on any atom is 0.237 e. The summed E-state index contributed by atoms with van der Waals surface area (Å²) in [5.41, 5.74) is 4.00. The maximum atomic E-state index is 11.3. The van der Waals surface area contributed by atoms with Gasteiger partial charge in [0.2, 0.25) is 5.88 Å². The van der Waals surface area contributed by atoms with Crippen molar-refractivity contribution in [2.24, 2.45) is 5.92 Å². The predicted molar refractivity (Wildman–Crippen MR) is 133 cm³/mol. The van der Waals surface area contributed by atoms with Crippen molar-refractivity contribution >= 4 is 0 Å². The van der Waals surface area contributed by atoms with Gasteiger partial charge in [-0.15, -0.1) is 0 Å². The number of nitrogens with zero attached hydrogens (tertiary/aromatic N) is 2. The Morgan fingerprint density at radius 1 is 1.12 bits per heavy atom. The Kier molecular flexibility index (Phi) is 6.15. The molecule has 4 nitrogen and oxygen atoms in total. The lowest BCUT2D eigenvalue weighted by molar-refractivity contribution is -0.0565. The molecule has 1 aromatic heterocycles. The average Bonchev–Trinajstić information content (AvgIpc) is 2.85. The normalized spacial score (nSPS) is 25.6. The van der Waals surface area contributed by atoms with Crippen LogP contribution in [0.25, 0.3) is 0 Å². The zero-order valence-electron chi connectivity index (χ0n) is 19.8. The zero-order chi connectivity index (χ0) is 23.6. The molecule has 4 heteroatoms. The summed E-state index contributed by atoms with van der Waals surface area (Å²) in [7, 11) is 0. The first-order valence-electron chi connectivity index (χ1n) is 12.5. The minimum absolute atomic E-state index is 0.0241. The number of ether oxygens (including phenoxy) is 1. The molecule has 1 fully saturated rings. The van der Waals surface area contributed by atoms with Crippen molar-refractivity contribution in [1.29, 1.82) is 5.26 Å². The smallest absolute Gasteiger partial charge is 0.237 e. The summed E-state index contributed by atoms with van der Waals surface area (Å²) < 4.78 is 6.05. The largest absolute Gasteiger partial charge is 0.438 e. The van der Waals surface area contributed by atoms with Crippen molar-refractivity contribution in [3.05, 3.63) is 89.1 Å². The van der Waals surface area contributed by atoms with E-state index in [-0.39, 0.29) is 5.41 Å². The van der Waals surface area contributed by atoms with Crippen LogP contribution in [0.1, 0.15) is 67.7 Å². The molecule has 1 heterocycles. The van der Waals surface area contributed by atoms with E-state index in [1.165, 1.54) is 16.7 Å². The van der Waals surface area contributed by atoms with E-state index in [0.717, 1.165) is 57.1 Å². The maximum absolute atomic E-state index is 11.3. The zero-order valence-corrected chi connectivity index (χ0v) is 19.8. The number of nitriles is 1. The molecule has 0 spiro atoms. The molecule has 5 rings (SSSR count). The third kappa shape index (κ3) is 4.21. The number of rotatable bonds is 6. The van der Waals surface area contributed by atoms with E-state index in [2.05, 4.69) is 60.4 Å². The summed E-state index contributed by atoms with van der Waals surface area (Å²) in [5.74, 6) is 1.53. The Morgan fingerprint density at radius 2 is 1.97 bits per heavy atom. The third-order valence-corrected chi connectivity index (χ3v) is 8.00. The first kappa shape index (κ1) is 22.6. The highest BCUT2D eigenvalue weighted by atomic mass is 16.5. The van der Waals surface area contributed by atoms with Gasteiger partial charge in [-0.05, 0) is 91.8 Å². The van der Waals surface area contributed by atoms with Crippen LogP contribution in [0.15, 0.2) is 66.9 Å². The SMILES string of the molecule is CCC[C@@]1(O)CC[C@@]2(Cc3ccccc3)c3ccc(Oc4ncccc4C#N)cc3CC[C@@H]2C1. The van der Waals surface area contributed by atoms with E-state index >= 15 is 0 Å². The van der Waals surface area contributed by atoms with Gasteiger partial charge in [-0.3, -0.25) is 0 Å². The van der Waals surface area contributed by atoms with Crippen LogP contribution in [0.3, 0.4) is 0 Å². The van der Waals surface area contributed by atoms with Gasteiger partial charge in [-0.2, -0.15) is 5.26 Å². The fourth-order valence-corrected chi connectivity index (χ4v) is 6.45. The lowest BCUT2D eigenvalue weighted by atomic mass is 9.52. The van der Waals surface area contributed by atoms with E-state index in [0.29, 0.717) is 17.4 Å². The van der Waals surface area contributed by atoms with Crippen LogP contribution in [0, 0.1) is 17.2 Å².